The number of rotatable bonds is 6. The van der Waals surface area contributed by atoms with Gasteiger partial charge in [0.25, 0.3) is 0 Å². The van der Waals surface area contributed by atoms with Crippen molar-refractivity contribution in [2.45, 2.75) is 135 Å². The minimum absolute atomic E-state index is 0.0157. The summed E-state index contributed by atoms with van der Waals surface area (Å²) in [7, 11) is -2.15. The molecule has 2 aromatic rings. The Hall–Kier alpha value is -1.70. The second-order valence-corrected chi connectivity index (χ2v) is 19.5. The lowest BCUT2D eigenvalue weighted by atomic mass is 9.70. The van der Waals surface area contributed by atoms with E-state index < -0.39 is 26.2 Å². The fraction of sp³-hybridized carbons (Fsp3) is 0.667. The molecule has 1 N–H and O–H groups in total. The van der Waals surface area contributed by atoms with E-state index in [2.05, 4.69) is 61.6 Å². The Morgan fingerprint density at radius 2 is 1.57 bits per heavy atom. The number of alkyl halides is 3. The van der Waals surface area contributed by atoms with Crippen molar-refractivity contribution in [2.75, 3.05) is 0 Å². The predicted molar refractivity (Wildman–Crippen MR) is 158 cm³/mol. The van der Waals surface area contributed by atoms with Crippen LogP contribution in [-0.4, -0.2) is 18.4 Å². The maximum Gasteiger partial charge on any atom is 0.416 e. The first-order chi connectivity index (χ1) is 18.3. The average molecular weight is 576 g/mol. The zero-order valence-electron chi connectivity index (χ0n) is 25.8. The first kappa shape index (κ1) is 31.2. The van der Waals surface area contributed by atoms with E-state index in [0.717, 1.165) is 78.7 Å². The molecule has 0 aliphatic heterocycles. The van der Waals surface area contributed by atoms with E-state index in [1.54, 1.807) is 0 Å². The van der Waals surface area contributed by atoms with Gasteiger partial charge < -0.3 is 9.53 Å². The Labute approximate surface area is 240 Å². The summed E-state index contributed by atoms with van der Waals surface area (Å²) in [5.41, 5.74) is 4.82. The molecule has 2 aliphatic carbocycles. The van der Waals surface area contributed by atoms with Crippen molar-refractivity contribution in [3.05, 3.63) is 63.5 Å². The Kier molecular flexibility index (Phi) is 8.47. The zero-order valence-corrected chi connectivity index (χ0v) is 26.8. The van der Waals surface area contributed by atoms with E-state index >= 15 is 0 Å². The van der Waals surface area contributed by atoms with Crippen molar-refractivity contribution < 1.29 is 22.7 Å². The smallest absolute Gasteiger partial charge is 0.410 e. The summed E-state index contributed by atoms with van der Waals surface area (Å²) in [5.74, 6) is 0.328. The van der Waals surface area contributed by atoms with E-state index in [1.165, 1.54) is 12.1 Å². The number of aliphatic hydroxyl groups is 1. The number of hydrogen-bond donors (Lipinski definition) is 1. The second-order valence-electron chi connectivity index (χ2n) is 14.8. The molecule has 0 amide bonds. The van der Waals surface area contributed by atoms with Gasteiger partial charge in [-0.25, -0.2) is 0 Å². The molecule has 0 spiro atoms. The zero-order chi connectivity index (χ0) is 29.8. The first-order valence-corrected chi connectivity index (χ1v) is 17.8. The van der Waals surface area contributed by atoms with Crippen LogP contribution < -0.4 is 0 Å². The van der Waals surface area contributed by atoms with Crippen LogP contribution in [0.15, 0.2) is 24.3 Å². The monoisotopic (exact) mass is 575 g/mol. The first-order valence-electron chi connectivity index (χ1n) is 14.9. The number of halogens is 3. The summed E-state index contributed by atoms with van der Waals surface area (Å²) in [6, 6.07) is 4.98. The maximum absolute atomic E-state index is 13.3. The van der Waals surface area contributed by atoms with Crippen LogP contribution in [0.5, 0.6) is 0 Å². The minimum Gasteiger partial charge on any atom is -0.410 e. The van der Waals surface area contributed by atoms with Crippen molar-refractivity contribution in [1.29, 1.82) is 0 Å². The molecule has 0 bridgehead atoms. The topological polar surface area (TPSA) is 42.4 Å². The van der Waals surface area contributed by atoms with E-state index in [0.29, 0.717) is 5.56 Å². The molecule has 7 heteroatoms. The quantitative estimate of drug-likeness (QED) is 0.349. The third-order valence-corrected chi connectivity index (χ3v) is 14.0. The number of pyridine rings is 1. The van der Waals surface area contributed by atoms with Gasteiger partial charge in [0.05, 0.1) is 11.7 Å². The van der Waals surface area contributed by atoms with Crippen molar-refractivity contribution in [1.82, 2.24) is 4.98 Å². The highest BCUT2D eigenvalue weighted by molar-refractivity contribution is 6.74. The number of benzene rings is 1. The molecule has 4 rings (SSSR count). The summed E-state index contributed by atoms with van der Waals surface area (Å²) in [6.45, 7) is 20.1. The SMILES string of the molecule is CC(C)c1nc2c(c(C3CCCC3)c1[C@H](O)c1ccc(C(F)(F)F)cc1)[C@@H](O[Si](C)(C)C(C)(C)C)CC(C)(C)C2. The van der Waals surface area contributed by atoms with E-state index in [1.807, 2.05) is 0 Å². The van der Waals surface area contributed by atoms with E-state index in [4.69, 9.17) is 9.41 Å². The van der Waals surface area contributed by atoms with Gasteiger partial charge in [-0.3, -0.25) is 4.98 Å². The van der Waals surface area contributed by atoms with Gasteiger partial charge in [0, 0.05) is 22.5 Å². The standard InChI is InChI=1S/C33H48F3NO2Si/c1-20(2)29-28(30(38)22-14-16-23(17-15-22)33(34,35)36)26(21-12-10-11-13-21)27-24(37-29)18-32(6,7)19-25(27)39-40(8,9)31(3,4)5/h14-17,20-21,25,30,38H,10-13,18-19H2,1-9H3/t25-,30+/m0/s1. The molecule has 1 aromatic carbocycles. The second kappa shape index (κ2) is 10.8. The highest BCUT2D eigenvalue weighted by atomic mass is 28.4. The highest BCUT2D eigenvalue weighted by Gasteiger charge is 2.45. The molecule has 222 valence electrons. The number of hydrogen-bond acceptors (Lipinski definition) is 3. The number of aliphatic hydroxyl groups excluding tert-OH is 1. The van der Waals surface area contributed by atoms with Crippen LogP contribution in [0.25, 0.3) is 0 Å². The third-order valence-electron chi connectivity index (χ3n) is 9.51. The van der Waals surface area contributed by atoms with Crippen molar-refractivity contribution in [3.63, 3.8) is 0 Å². The van der Waals surface area contributed by atoms with Gasteiger partial charge in [-0.2, -0.15) is 13.2 Å². The molecule has 0 unspecified atom stereocenters. The molecule has 40 heavy (non-hydrogen) atoms. The largest absolute Gasteiger partial charge is 0.416 e. The summed E-state index contributed by atoms with van der Waals surface area (Å²) < 4.78 is 47.1. The molecule has 0 radical (unpaired) electrons. The van der Waals surface area contributed by atoms with Crippen LogP contribution in [0.2, 0.25) is 18.1 Å². The van der Waals surface area contributed by atoms with Crippen molar-refractivity contribution in [3.8, 4) is 0 Å². The van der Waals surface area contributed by atoms with Crippen LogP contribution in [0.1, 0.15) is 144 Å². The molecule has 1 heterocycles. The van der Waals surface area contributed by atoms with Gasteiger partial charge in [-0.1, -0.05) is 73.4 Å². The summed E-state index contributed by atoms with van der Waals surface area (Å²) in [6.07, 6.45) is 0.464. The number of nitrogens with zero attached hydrogens (tertiary/aromatic N) is 1. The Bertz CT molecular complexity index is 1210. The lowest BCUT2D eigenvalue weighted by Crippen LogP contribution is -2.44. The fourth-order valence-corrected chi connectivity index (χ4v) is 7.63. The maximum atomic E-state index is 13.3. The minimum atomic E-state index is -4.42. The van der Waals surface area contributed by atoms with Gasteiger partial charge >= 0.3 is 6.18 Å². The van der Waals surface area contributed by atoms with Crippen LogP contribution >= 0.6 is 0 Å². The molecular weight excluding hydrogens is 527 g/mol. The Balaban J connectivity index is 1.97. The lowest BCUT2D eigenvalue weighted by Gasteiger charge is -2.45. The molecule has 2 atom stereocenters. The fourth-order valence-electron chi connectivity index (χ4n) is 6.36. The average Bonchev–Trinajstić information content (AvgIpc) is 3.35. The van der Waals surface area contributed by atoms with Gasteiger partial charge in [-0.05, 0) is 84.3 Å². The van der Waals surface area contributed by atoms with Gasteiger partial charge in [-0.15, -0.1) is 0 Å². The molecule has 1 saturated carbocycles. The van der Waals surface area contributed by atoms with Gasteiger partial charge in [0.15, 0.2) is 8.32 Å². The van der Waals surface area contributed by atoms with Crippen LogP contribution in [0.4, 0.5) is 13.2 Å². The number of aromatic nitrogens is 1. The highest BCUT2D eigenvalue weighted by Crippen LogP contribution is 2.53. The molecule has 3 nitrogen and oxygen atoms in total. The van der Waals surface area contributed by atoms with Crippen LogP contribution in [-0.2, 0) is 17.0 Å². The van der Waals surface area contributed by atoms with E-state index in [9.17, 15) is 18.3 Å². The predicted octanol–water partition coefficient (Wildman–Crippen LogP) is 10.00. The molecule has 0 saturated heterocycles. The van der Waals surface area contributed by atoms with Crippen LogP contribution in [0.3, 0.4) is 0 Å². The molecule has 1 fully saturated rings. The summed E-state index contributed by atoms with van der Waals surface area (Å²) >= 11 is 0. The van der Waals surface area contributed by atoms with E-state index in [-0.39, 0.29) is 28.4 Å². The normalized spacial score (nSPS) is 21.1. The Morgan fingerprint density at radius 1 is 1.00 bits per heavy atom. The Morgan fingerprint density at radius 3 is 2.08 bits per heavy atom. The molecule has 1 aromatic heterocycles. The summed E-state index contributed by atoms with van der Waals surface area (Å²) in [4.78, 5) is 5.28. The van der Waals surface area contributed by atoms with Crippen LogP contribution in [0, 0.1) is 5.41 Å². The van der Waals surface area contributed by atoms with Gasteiger partial charge in [0.1, 0.15) is 6.10 Å². The number of fused-ring (bicyclic) bond motifs is 1. The molecular formula is C33H48F3NO2Si. The van der Waals surface area contributed by atoms with Crippen molar-refractivity contribution >= 4 is 8.32 Å². The third kappa shape index (κ3) is 6.22. The lowest BCUT2D eigenvalue weighted by molar-refractivity contribution is -0.137. The molecule has 2 aliphatic rings. The summed E-state index contributed by atoms with van der Waals surface area (Å²) in [5, 5.41) is 12.0. The van der Waals surface area contributed by atoms with Gasteiger partial charge in [0.2, 0.25) is 0 Å². The van der Waals surface area contributed by atoms with Crippen molar-refractivity contribution in [2.24, 2.45) is 5.41 Å².